The molecular formula is C24H25ClFN5O. The van der Waals surface area contributed by atoms with Crippen LogP contribution in [0.15, 0.2) is 67.1 Å². The molecule has 0 radical (unpaired) electrons. The van der Waals surface area contributed by atoms with Gasteiger partial charge in [0.2, 0.25) is 0 Å². The summed E-state index contributed by atoms with van der Waals surface area (Å²) < 4.78 is 20.7. The predicted octanol–water partition coefficient (Wildman–Crippen LogP) is 5.77. The highest BCUT2D eigenvalue weighted by Crippen LogP contribution is 2.29. The lowest BCUT2D eigenvalue weighted by Gasteiger charge is -2.18. The van der Waals surface area contributed by atoms with Crippen molar-refractivity contribution in [2.75, 3.05) is 12.4 Å². The Morgan fingerprint density at radius 2 is 1.84 bits per heavy atom. The lowest BCUT2D eigenvalue weighted by molar-refractivity contribution is 0.413. The Labute approximate surface area is 192 Å². The largest absolute Gasteiger partial charge is 0.495 e. The summed E-state index contributed by atoms with van der Waals surface area (Å²) in [5, 5.41) is 12.1. The second-order valence-electron chi connectivity index (χ2n) is 7.27. The molecular weight excluding hydrogens is 429 g/mol. The van der Waals surface area contributed by atoms with E-state index in [4.69, 9.17) is 4.74 Å². The molecule has 0 fully saturated rings. The van der Waals surface area contributed by atoms with Crippen molar-refractivity contribution < 1.29 is 9.13 Å². The standard InChI is InChI=1S/C24H24FN5O.ClH/c1-4-20(17-5-8-19(25)9-6-17)27-24-12-10-21(28-29-24)18-7-11-22(23(13-18)31-3)30-14-16(2)26-15-30;/h5-15,20H,4H2,1-3H3,(H,27,29);1H/t20-;/m0./s1. The number of aromatic nitrogens is 4. The van der Waals surface area contributed by atoms with Crippen LogP contribution in [0.5, 0.6) is 5.75 Å². The molecule has 1 atom stereocenters. The third-order valence-electron chi connectivity index (χ3n) is 5.13. The molecule has 0 aliphatic carbocycles. The van der Waals surface area contributed by atoms with Crippen molar-refractivity contribution in [2.45, 2.75) is 26.3 Å². The van der Waals surface area contributed by atoms with Gasteiger partial charge in [-0.3, -0.25) is 0 Å². The van der Waals surface area contributed by atoms with Crippen LogP contribution in [0.4, 0.5) is 10.2 Å². The summed E-state index contributed by atoms with van der Waals surface area (Å²) in [5.74, 6) is 1.14. The van der Waals surface area contributed by atoms with Crippen LogP contribution in [-0.4, -0.2) is 26.9 Å². The van der Waals surface area contributed by atoms with Crippen molar-refractivity contribution in [3.8, 4) is 22.7 Å². The minimum absolute atomic E-state index is 0. The molecule has 4 aromatic rings. The van der Waals surface area contributed by atoms with E-state index in [0.29, 0.717) is 5.82 Å². The Hall–Kier alpha value is -3.45. The first-order chi connectivity index (χ1) is 15.1. The number of anilines is 1. The molecule has 8 heteroatoms. The quantitative estimate of drug-likeness (QED) is 0.384. The number of hydrogen-bond donors (Lipinski definition) is 1. The Kier molecular flexibility index (Phi) is 7.43. The summed E-state index contributed by atoms with van der Waals surface area (Å²) in [6.45, 7) is 4.01. The molecule has 0 saturated carbocycles. The molecule has 0 aliphatic heterocycles. The van der Waals surface area contributed by atoms with E-state index in [-0.39, 0.29) is 24.3 Å². The number of ether oxygens (including phenoxy) is 1. The summed E-state index contributed by atoms with van der Waals surface area (Å²) in [5.41, 5.74) is 4.49. The molecule has 0 aliphatic rings. The van der Waals surface area contributed by atoms with E-state index >= 15 is 0 Å². The van der Waals surface area contributed by atoms with Crippen LogP contribution in [0.2, 0.25) is 0 Å². The van der Waals surface area contributed by atoms with Crippen molar-refractivity contribution in [1.29, 1.82) is 0 Å². The lowest BCUT2D eigenvalue weighted by atomic mass is 10.0. The average Bonchev–Trinajstić information content (AvgIpc) is 3.24. The third kappa shape index (κ3) is 5.06. The smallest absolute Gasteiger partial charge is 0.149 e. The van der Waals surface area contributed by atoms with Crippen molar-refractivity contribution in [3.63, 3.8) is 0 Å². The number of nitrogens with one attached hydrogen (secondary N) is 1. The van der Waals surface area contributed by atoms with Crippen molar-refractivity contribution >= 4 is 18.2 Å². The fraction of sp³-hybridized carbons (Fsp3) is 0.208. The maximum Gasteiger partial charge on any atom is 0.149 e. The second-order valence-corrected chi connectivity index (χ2v) is 7.27. The molecule has 32 heavy (non-hydrogen) atoms. The van der Waals surface area contributed by atoms with Crippen molar-refractivity contribution in [3.05, 3.63) is 84.2 Å². The number of imidazole rings is 1. The zero-order valence-electron chi connectivity index (χ0n) is 18.1. The predicted molar refractivity (Wildman–Crippen MR) is 126 cm³/mol. The van der Waals surface area contributed by atoms with E-state index in [0.717, 1.165) is 40.4 Å². The number of benzene rings is 2. The fourth-order valence-electron chi connectivity index (χ4n) is 3.46. The molecule has 2 aromatic heterocycles. The van der Waals surface area contributed by atoms with Gasteiger partial charge in [0.15, 0.2) is 0 Å². The summed E-state index contributed by atoms with van der Waals surface area (Å²) in [7, 11) is 1.64. The third-order valence-corrected chi connectivity index (χ3v) is 5.13. The maximum absolute atomic E-state index is 13.2. The number of nitrogens with zero attached hydrogens (tertiary/aromatic N) is 4. The minimum atomic E-state index is -0.243. The highest BCUT2D eigenvalue weighted by molar-refractivity contribution is 5.85. The molecule has 0 saturated heterocycles. The molecule has 0 spiro atoms. The van der Waals surface area contributed by atoms with E-state index in [2.05, 4.69) is 27.4 Å². The number of halogens is 2. The van der Waals surface area contributed by atoms with Gasteiger partial charge >= 0.3 is 0 Å². The molecule has 6 nitrogen and oxygen atoms in total. The lowest BCUT2D eigenvalue weighted by Crippen LogP contribution is -2.11. The minimum Gasteiger partial charge on any atom is -0.495 e. The average molecular weight is 454 g/mol. The number of rotatable bonds is 7. The first-order valence-electron chi connectivity index (χ1n) is 10.1. The highest BCUT2D eigenvalue weighted by atomic mass is 35.5. The van der Waals surface area contributed by atoms with Gasteiger partial charge in [-0.1, -0.05) is 25.1 Å². The number of methoxy groups -OCH3 is 1. The molecule has 166 valence electrons. The van der Waals surface area contributed by atoms with Crippen LogP contribution >= 0.6 is 12.4 Å². The van der Waals surface area contributed by atoms with Crippen LogP contribution in [0.25, 0.3) is 16.9 Å². The molecule has 0 amide bonds. The first-order valence-corrected chi connectivity index (χ1v) is 10.1. The van der Waals surface area contributed by atoms with Gasteiger partial charge in [-0.25, -0.2) is 9.37 Å². The molecule has 0 unspecified atom stereocenters. The topological polar surface area (TPSA) is 64.9 Å². The monoisotopic (exact) mass is 453 g/mol. The zero-order valence-corrected chi connectivity index (χ0v) is 18.9. The SMILES string of the molecule is CC[C@H](Nc1ccc(-c2ccc(-n3cnc(C)c3)c(OC)c2)nn1)c1ccc(F)cc1.Cl. The molecule has 4 rings (SSSR count). The van der Waals surface area contributed by atoms with Crippen LogP contribution < -0.4 is 10.1 Å². The van der Waals surface area contributed by atoms with Gasteiger partial charge in [0.05, 0.1) is 36.6 Å². The van der Waals surface area contributed by atoms with Gasteiger partial charge in [-0.2, -0.15) is 0 Å². The summed E-state index contributed by atoms with van der Waals surface area (Å²) in [4.78, 5) is 4.27. The van der Waals surface area contributed by atoms with Gasteiger partial charge in [0.25, 0.3) is 0 Å². The van der Waals surface area contributed by atoms with Crippen LogP contribution in [0.1, 0.15) is 30.6 Å². The Morgan fingerprint density at radius 1 is 1.06 bits per heavy atom. The Balaban J connectivity index is 0.00000289. The van der Waals surface area contributed by atoms with Gasteiger partial charge in [-0.15, -0.1) is 22.6 Å². The second kappa shape index (κ2) is 10.2. The Bertz CT molecular complexity index is 1160. The van der Waals surface area contributed by atoms with Crippen molar-refractivity contribution in [1.82, 2.24) is 19.7 Å². The van der Waals surface area contributed by atoms with E-state index in [1.54, 1.807) is 25.6 Å². The summed E-state index contributed by atoms with van der Waals surface area (Å²) >= 11 is 0. The van der Waals surface area contributed by atoms with Crippen molar-refractivity contribution in [2.24, 2.45) is 0 Å². The van der Waals surface area contributed by atoms with Crippen LogP contribution in [-0.2, 0) is 0 Å². The number of aryl methyl sites for hydroxylation is 1. The van der Waals surface area contributed by atoms with E-state index < -0.39 is 0 Å². The fourth-order valence-corrected chi connectivity index (χ4v) is 3.46. The molecule has 2 aromatic carbocycles. The van der Waals surface area contributed by atoms with Gasteiger partial charge < -0.3 is 14.6 Å². The summed E-state index contributed by atoms with van der Waals surface area (Å²) in [6.07, 6.45) is 4.54. The van der Waals surface area contributed by atoms with E-state index in [1.165, 1.54) is 12.1 Å². The molecule has 2 heterocycles. The highest BCUT2D eigenvalue weighted by Gasteiger charge is 2.12. The van der Waals surface area contributed by atoms with Gasteiger partial charge in [0, 0.05) is 11.8 Å². The van der Waals surface area contributed by atoms with Gasteiger partial charge in [-0.05, 0) is 55.3 Å². The van der Waals surface area contributed by atoms with Crippen LogP contribution in [0, 0.1) is 12.7 Å². The van der Waals surface area contributed by atoms with E-state index in [9.17, 15) is 4.39 Å². The maximum atomic E-state index is 13.2. The first kappa shape index (κ1) is 23.2. The zero-order chi connectivity index (χ0) is 21.8. The van der Waals surface area contributed by atoms with E-state index in [1.807, 2.05) is 48.0 Å². The molecule has 1 N–H and O–H groups in total. The van der Waals surface area contributed by atoms with Crippen LogP contribution in [0.3, 0.4) is 0 Å². The number of hydrogen-bond acceptors (Lipinski definition) is 5. The normalized spacial score (nSPS) is 11.5. The molecule has 0 bridgehead atoms. The Morgan fingerprint density at radius 3 is 2.44 bits per heavy atom. The van der Waals surface area contributed by atoms with Gasteiger partial charge in [0.1, 0.15) is 17.4 Å². The summed E-state index contributed by atoms with van der Waals surface area (Å²) in [6, 6.07) is 16.3.